The molecule has 0 N–H and O–H groups in total. The fourth-order valence-corrected chi connectivity index (χ4v) is 3.73. The molecule has 6 heteroatoms. The van der Waals surface area contributed by atoms with E-state index in [0.717, 1.165) is 26.2 Å². The van der Waals surface area contributed by atoms with Crippen LogP contribution in [-0.2, 0) is 17.8 Å². The minimum Gasteiger partial charge on any atom is -0.472 e. The van der Waals surface area contributed by atoms with Gasteiger partial charge in [0.15, 0.2) is 0 Å². The molecule has 4 rings (SSSR count). The Kier molecular flexibility index (Phi) is 3.48. The van der Waals surface area contributed by atoms with E-state index in [-0.39, 0.29) is 0 Å². The summed E-state index contributed by atoms with van der Waals surface area (Å²) in [6.07, 6.45) is 9.90. The molecular weight excluding hydrogens is 268 g/mol. The van der Waals surface area contributed by atoms with E-state index in [0.29, 0.717) is 18.1 Å². The van der Waals surface area contributed by atoms with Gasteiger partial charge < -0.3 is 13.7 Å². The molecule has 0 bridgehead atoms. The minimum atomic E-state index is 0.327. The van der Waals surface area contributed by atoms with Crippen LogP contribution in [0.5, 0.6) is 0 Å². The number of furan rings is 1. The lowest BCUT2D eigenvalue weighted by atomic mass is 10.0. The van der Waals surface area contributed by atoms with Crippen molar-refractivity contribution in [2.24, 2.45) is 5.92 Å². The van der Waals surface area contributed by atoms with Crippen LogP contribution >= 0.6 is 0 Å². The maximum atomic E-state index is 6.09. The van der Waals surface area contributed by atoms with Crippen LogP contribution < -0.4 is 0 Å². The van der Waals surface area contributed by atoms with Gasteiger partial charge in [0.1, 0.15) is 12.7 Å². The average molecular weight is 288 g/mol. The van der Waals surface area contributed by atoms with E-state index in [1.807, 2.05) is 12.3 Å². The summed E-state index contributed by atoms with van der Waals surface area (Å²) in [7, 11) is 0. The molecule has 3 atom stereocenters. The quantitative estimate of drug-likeness (QED) is 0.854. The Balaban J connectivity index is 1.44. The number of hydrogen-bond acceptors (Lipinski definition) is 5. The lowest BCUT2D eigenvalue weighted by Crippen LogP contribution is -2.50. The molecule has 21 heavy (non-hydrogen) atoms. The van der Waals surface area contributed by atoms with Crippen LogP contribution in [0, 0.1) is 5.92 Å². The molecule has 1 saturated heterocycles. The van der Waals surface area contributed by atoms with Gasteiger partial charge in [0.25, 0.3) is 0 Å². The number of ether oxygens (including phenoxy) is 1. The molecular formula is C15H20N4O2. The summed E-state index contributed by atoms with van der Waals surface area (Å²) in [5.74, 6) is 0.554. The first kappa shape index (κ1) is 13.0. The van der Waals surface area contributed by atoms with Gasteiger partial charge in [-0.2, -0.15) is 0 Å². The molecule has 0 aromatic carbocycles. The Morgan fingerprint density at radius 3 is 2.95 bits per heavy atom. The van der Waals surface area contributed by atoms with Crippen molar-refractivity contribution in [2.45, 2.75) is 38.1 Å². The second kappa shape index (κ2) is 5.61. The Morgan fingerprint density at radius 1 is 1.24 bits per heavy atom. The molecule has 1 saturated carbocycles. The molecule has 1 aliphatic carbocycles. The molecule has 0 unspecified atom stereocenters. The maximum absolute atomic E-state index is 6.09. The predicted octanol–water partition coefficient (Wildman–Crippen LogP) is 1.55. The van der Waals surface area contributed by atoms with Crippen LogP contribution in [0.25, 0.3) is 0 Å². The van der Waals surface area contributed by atoms with Crippen LogP contribution in [-0.4, -0.2) is 45.0 Å². The molecule has 2 fully saturated rings. The molecule has 0 radical (unpaired) electrons. The van der Waals surface area contributed by atoms with Crippen LogP contribution in [0.3, 0.4) is 0 Å². The van der Waals surface area contributed by atoms with Crippen LogP contribution in [0.2, 0.25) is 0 Å². The van der Waals surface area contributed by atoms with Gasteiger partial charge in [0.2, 0.25) is 0 Å². The first-order chi connectivity index (χ1) is 10.4. The van der Waals surface area contributed by atoms with E-state index < -0.39 is 0 Å². The number of aromatic nitrogens is 3. The number of nitrogens with zero attached hydrogens (tertiary/aromatic N) is 4. The lowest BCUT2D eigenvalue weighted by Gasteiger charge is -2.39. The summed E-state index contributed by atoms with van der Waals surface area (Å²) in [6.45, 7) is 3.73. The van der Waals surface area contributed by atoms with Gasteiger partial charge in [-0.1, -0.05) is 0 Å². The minimum absolute atomic E-state index is 0.327. The third kappa shape index (κ3) is 2.61. The Hall–Kier alpha value is -1.66. The molecule has 0 amide bonds. The van der Waals surface area contributed by atoms with E-state index in [2.05, 4.69) is 19.7 Å². The van der Waals surface area contributed by atoms with E-state index in [4.69, 9.17) is 9.15 Å². The Morgan fingerprint density at radius 2 is 2.14 bits per heavy atom. The van der Waals surface area contributed by atoms with Gasteiger partial charge in [-0.3, -0.25) is 4.90 Å². The summed E-state index contributed by atoms with van der Waals surface area (Å²) in [4.78, 5) is 2.55. The number of fused-ring (bicyclic) bond motifs is 1. The molecule has 2 aliphatic rings. The highest BCUT2D eigenvalue weighted by atomic mass is 16.5. The van der Waals surface area contributed by atoms with Gasteiger partial charge >= 0.3 is 0 Å². The van der Waals surface area contributed by atoms with Crippen molar-refractivity contribution in [1.29, 1.82) is 0 Å². The van der Waals surface area contributed by atoms with Crippen molar-refractivity contribution in [3.8, 4) is 0 Å². The highest BCUT2D eigenvalue weighted by Crippen LogP contribution is 2.36. The van der Waals surface area contributed by atoms with Gasteiger partial charge in [-0.15, -0.1) is 10.2 Å². The SMILES string of the molecule is c1cc(CN2CCO[C@@H]3[C@@H](Cn4cnnc4)CC[C@@H]32)co1. The van der Waals surface area contributed by atoms with Crippen molar-refractivity contribution in [2.75, 3.05) is 13.2 Å². The zero-order chi connectivity index (χ0) is 14.1. The van der Waals surface area contributed by atoms with Gasteiger partial charge in [0, 0.05) is 37.2 Å². The monoisotopic (exact) mass is 288 g/mol. The molecule has 6 nitrogen and oxygen atoms in total. The van der Waals surface area contributed by atoms with Gasteiger partial charge in [0.05, 0.1) is 25.2 Å². The van der Waals surface area contributed by atoms with Gasteiger partial charge in [-0.05, 0) is 18.9 Å². The topological polar surface area (TPSA) is 56.3 Å². The van der Waals surface area contributed by atoms with E-state index >= 15 is 0 Å². The molecule has 3 heterocycles. The molecule has 112 valence electrons. The summed E-state index contributed by atoms with van der Waals surface area (Å²) in [6, 6.07) is 2.57. The summed E-state index contributed by atoms with van der Waals surface area (Å²) < 4.78 is 13.3. The summed E-state index contributed by atoms with van der Waals surface area (Å²) in [5, 5.41) is 7.77. The van der Waals surface area contributed by atoms with E-state index in [1.165, 1.54) is 18.4 Å². The first-order valence-corrected chi connectivity index (χ1v) is 7.59. The zero-order valence-corrected chi connectivity index (χ0v) is 12.0. The van der Waals surface area contributed by atoms with E-state index in [1.54, 1.807) is 18.9 Å². The zero-order valence-electron chi connectivity index (χ0n) is 12.0. The second-order valence-corrected chi connectivity index (χ2v) is 6.00. The molecule has 1 aliphatic heterocycles. The maximum Gasteiger partial charge on any atom is 0.119 e. The lowest BCUT2D eigenvalue weighted by molar-refractivity contribution is -0.0786. The highest BCUT2D eigenvalue weighted by Gasteiger charge is 2.42. The standard InChI is InChI=1S/C15H20N4O2/c1-2-14-15(13(1)8-18-10-16-17-11-18)21-6-4-19(14)7-12-3-5-20-9-12/h3,5,9-11,13-15H,1-2,4,6-8H2/t13-,14+,15-/m1/s1. The van der Waals surface area contributed by atoms with Crippen molar-refractivity contribution in [1.82, 2.24) is 19.7 Å². The Bertz CT molecular complexity index is 554. The highest BCUT2D eigenvalue weighted by molar-refractivity contribution is 5.07. The number of rotatable bonds is 4. The van der Waals surface area contributed by atoms with Crippen LogP contribution in [0.4, 0.5) is 0 Å². The fraction of sp³-hybridized carbons (Fsp3) is 0.600. The largest absolute Gasteiger partial charge is 0.472 e. The first-order valence-electron chi connectivity index (χ1n) is 7.59. The normalized spacial score (nSPS) is 29.6. The molecule has 0 spiro atoms. The van der Waals surface area contributed by atoms with Crippen LogP contribution in [0.15, 0.2) is 35.7 Å². The average Bonchev–Trinajstić information content (AvgIpc) is 3.22. The van der Waals surface area contributed by atoms with Crippen molar-refractivity contribution >= 4 is 0 Å². The third-order valence-corrected chi connectivity index (χ3v) is 4.71. The third-order valence-electron chi connectivity index (χ3n) is 4.71. The number of hydrogen-bond donors (Lipinski definition) is 0. The predicted molar refractivity (Wildman–Crippen MR) is 75.4 cm³/mol. The molecule has 2 aromatic heterocycles. The Labute approximate surface area is 123 Å². The van der Waals surface area contributed by atoms with Crippen molar-refractivity contribution < 1.29 is 9.15 Å². The van der Waals surface area contributed by atoms with Crippen molar-refractivity contribution in [3.63, 3.8) is 0 Å². The summed E-state index contributed by atoms with van der Waals surface area (Å²) >= 11 is 0. The number of morpholine rings is 1. The molecule has 2 aromatic rings. The van der Waals surface area contributed by atoms with Crippen molar-refractivity contribution in [3.05, 3.63) is 36.8 Å². The second-order valence-electron chi connectivity index (χ2n) is 6.00. The fourth-order valence-electron chi connectivity index (χ4n) is 3.73. The van der Waals surface area contributed by atoms with E-state index in [9.17, 15) is 0 Å². The van der Waals surface area contributed by atoms with Crippen LogP contribution in [0.1, 0.15) is 18.4 Å². The smallest absolute Gasteiger partial charge is 0.119 e. The summed E-state index contributed by atoms with van der Waals surface area (Å²) in [5.41, 5.74) is 1.25. The van der Waals surface area contributed by atoms with Gasteiger partial charge in [-0.25, -0.2) is 0 Å².